The molecule has 0 aliphatic rings. The molecule has 0 amide bonds. The van der Waals surface area contributed by atoms with Gasteiger partial charge in [0.15, 0.2) is 6.29 Å². The first-order chi connectivity index (χ1) is 5.11. The molecule has 0 radical (unpaired) electrons. The molecule has 4 heteroatoms. The van der Waals surface area contributed by atoms with E-state index in [0.29, 0.717) is 6.42 Å². The summed E-state index contributed by atoms with van der Waals surface area (Å²) in [6, 6.07) is 0. The monoisotopic (exact) mass is 178 g/mol. The SMILES string of the molecule is COC(CC(S)C(C)=O)OC. The third-order valence-electron chi connectivity index (χ3n) is 1.41. The molecule has 0 aliphatic carbocycles. The number of Topliss-reactive ketones (excluding diaryl/α,β-unsaturated/α-hetero) is 1. The summed E-state index contributed by atoms with van der Waals surface area (Å²) in [6.45, 7) is 1.50. The molecule has 0 saturated carbocycles. The second-order valence-corrected chi connectivity index (χ2v) is 2.89. The Kier molecular flexibility index (Phi) is 5.54. The molecule has 0 heterocycles. The second kappa shape index (κ2) is 5.57. The molecule has 0 aromatic carbocycles. The zero-order valence-electron chi connectivity index (χ0n) is 7.03. The zero-order chi connectivity index (χ0) is 8.85. The van der Waals surface area contributed by atoms with E-state index in [0.717, 1.165) is 0 Å². The largest absolute Gasteiger partial charge is 0.356 e. The lowest BCUT2D eigenvalue weighted by Gasteiger charge is -2.15. The minimum absolute atomic E-state index is 0.0347. The van der Waals surface area contributed by atoms with Crippen molar-refractivity contribution >= 4 is 18.4 Å². The smallest absolute Gasteiger partial charge is 0.158 e. The number of thiol groups is 1. The summed E-state index contributed by atoms with van der Waals surface area (Å²) in [5.41, 5.74) is 0. The number of hydrogen-bond acceptors (Lipinski definition) is 4. The Morgan fingerprint density at radius 1 is 1.45 bits per heavy atom. The van der Waals surface area contributed by atoms with Crippen molar-refractivity contribution in [1.82, 2.24) is 0 Å². The maximum Gasteiger partial charge on any atom is 0.158 e. The molecule has 0 N–H and O–H groups in total. The van der Waals surface area contributed by atoms with E-state index in [1.54, 1.807) is 0 Å². The molecular weight excluding hydrogens is 164 g/mol. The van der Waals surface area contributed by atoms with E-state index in [2.05, 4.69) is 12.6 Å². The molecule has 0 saturated heterocycles. The zero-order valence-corrected chi connectivity index (χ0v) is 7.93. The molecule has 1 atom stereocenters. The molecular formula is C7H14O3S. The lowest BCUT2D eigenvalue weighted by atomic mass is 10.2. The van der Waals surface area contributed by atoms with Crippen LogP contribution in [0.3, 0.4) is 0 Å². The van der Waals surface area contributed by atoms with Crippen molar-refractivity contribution in [2.24, 2.45) is 0 Å². The fourth-order valence-corrected chi connectivity index (χ4v) is 0.809. The minimum atomic E-state index is -0.332. The van der Waals surface area contributed by atoms with Crippen LogP contribution in [0.1, 0.15) is 13.3 Å². The normalized spacial score (nSPS) is 13.5. The van der Waals surface area contributed by atoms with E-state index in [1.807, 2.05) is 0 Å². The highest BCUT2D eigenvalue weighted by atomic mass is 32.1. The summed E-state index contributed by atoms with van der Waals surface area (Å²) < 4.78 is 9.79. The van der Waals surface area contributed by atoms with Gasteiger partial charge in [-0.25, -0.2) is 0 Å². The van der Waals surface area contributed by atoms with Gasteiger partial charge in [-0.05, 0) is 6.92 Å². The Balaban J connectivity index is 3.71. The highest BCUT2D eigenvalue weighted by Crippen LogP contribution is 2.08. The molecule has 11 heavy (non-hydrogen) atoms. The first kappa shape index (κ1) is 10.9. The lowest BCUT2D eigenvalue weighted by Crippen LogP contribution is -2.22. The van der Waals surface area contributed by atoms with Crippen molar-refractivity contribution in [2.75, 3.05) is 14.2 Å². The molecule has 3 nitrogen and oxygen atoms in total. The van der Waals surface area contributed by atoms with Crippen LogP contribution in [0.2, 0.25) is 0 Å². The average molecular weight is 178 g/mol. The van der Waals surface area contributed by atoms with Crippen LogP contribution in [-0.4, -0.2) is 31.5 Å². The van der Waals surface area contributed by atoms with Crippen LogP contribution in [0.4, 0.5) is 0 Å². The number of rotatable bonds is 5. The van der Waals surface area contributed by atoms with Crippen LogP contribution < -0.4 is 0 Å². The molecule has 0 aliphatic heterocycles. The van der Waals surface area contributed by atoms with Crippen LogP contribution in [0.15, 0.2) is 0 Å². The van der Waals surface area contributed by atoms with Gasteiger partial charge >= 0.3 is 0 Å². The number of methoxy groups -OCH3 is 2. The second-order valence-electron chi connectivity index (χ2n) is 2.26. The Labute approximate surface area is 72.5 Å². The van der Waals surface area contributed by atoms with Gasteiger partial charge in [-0.2, -0.15) is 12.6 Å². The summed E-state index contributed by atoms with van der Waals surface area (Å²) in [5.74, 6) is 0.0347. The van der Waals surface area contributed by atoms with Crippen molar-refractivity contribution < 1.29 is 14.3 Å². The fraction of sp³-hybridized carbons (Fsp3) is 0.857. The first-order valence-electron chi connectivity index (χ1n) is 3.36. The summed E-state index contributed by atoms with van der Waals surface area (Å²) in [6.07, 6.45) is 0.159. The molecule has 0 bridgehead atoms. The minimum Gasteiger partial charge on any atom is -0.356 e. The summed E-state index contributed by atoms with van der Waals surface area (Å²) in [5, 5.41) is -0.292. The Hall–Kier alpha value is -0.0600. The van der Waals surface area contributed by atoms with E-state index in [4.69, 9.17) is 9.47 Å². The Morgan fingerprint density at radius 3 is 2.18 bits per heavy atom. The van der Waals surface area contributed by atoms with Gasteiger partial charge in [0.2, 0.25) is 0 Å². The van der Waals surface area contributed by atoms with E-state index in [9.17, 15) is 4.79 Å². The van der Waals surface area contributed by atoms with Crippen molar-refractivity contribution in [2.45, 2.75) is 24.9 Å². The summed E-state index contributed by atoms with van der Waals surface area (Å²) >= 11 is 4.06. The third-order valence-corrected chi connectivity index (χ3v) is 1.99. The van der Waals surface area contributed by atoms with Crippen LogP contribution in [0.5, 0.6) is 0 Å². The van der Waals surface area contributed by atoms with Crippen molar-refractivity contribution in [3.8, 4) is 0 Å². The lowest BCUT2D eigenvalue weighted by molar-refractivity contribution is -0.124. The highest BCUT2D eigenvalue weighted by molar-refractivity contribution is 7.81. The summed E-state index contributed by atoms with van der Waals surface area (Å²) in [4.78, 5) is 10.7. The van der Waals surface area contributed by atoms with Crippen LogP contribution >= 0.6 is 12.6 Å². The standard InChI is InChI=1S/C7H14O3S/c1-5(8)6(11)4-7(9-2)10-3/h6-7,11H,4H2,1-3H3. The predicted octanol–water partition coefficient (Wildman–Crippen LogP) is 0.883. The van der Waals surface area contributed by atoms with Crippen LogP contribution in [-0.2, 0) is 14.3 Å². The maximum absolute atomic E-state index is 10.7. The molecule has 0 rings (SSSR count). The van der Waals surface area contributed by atoms with Crippen LogP contribution in [0, 0.1) is 0 Å². The Morgan fingerprint density at radius 2 is 1.91 bits per heavy atom. The number of carbonyl (C=O) groups excluding carboxylic acids is 1. The van der Waals surface area contributed by atoms with E-state index in [-0.39, 0.29) is 17.3 Å². The first-order valence-corrected chi connectivity index (χ1v) is 3.87. The van der Waals surface area contributed by atoms with Gasteiger partial charge in [-0.3, -0.25) is 4.79 Å². The predicted molar refractivity (Wildman–Crippen MR) is 45.9 cm³/mol. The van der Waals surface area contributed by atoms with Gasteiger partial charge in [-0.15, -0.1) is 0 Å². The molecule has 66 valence electrons. The van der Waals surface area contributed by atoms with Gasteiger partial charge in [-0.1, -0.05) is 0 Å². The van der Waals surface area contributed by atoms with Gasteiger partial charge in [0.25, 0.3) is 0 Å². The quantitative estimate of drug-likeness (QED) is 0.501. The molecule has 0 aromatic rings. The van der Waals surface area contributed by atoms with Gasteiger partial charge in [0, 0.05) is 20.6 Å². The van der Waals surface area contributed by atoms with Crippen LogP contribution in [0.25, 0.3) is 0 Å². The number of carbonyl (C=O) groups is 1. The van der Waals surface area contributed by atoms with E-state index in [1.165, 1.54) is 21.1 Å². The number of hydrogen-bond donors (Lipinski definition) is 1. The molecule has 0 aromatic heterocycles. The number of ether oxygens (including phenoxy) is 2. The van der Waals surface area contributed by atoms with Crippen molar-refractivity contribution in [3.63, 3.8) is 0 Å². The number of ketones is 1. The molecule has 1 unspecified atom stereocenters. The third kappa shape index (κ3) is 4.40. The van der Waals surface area contributed by atoms with Gasteiger partial charge < -0.3 is 9.47 Å². The van der Waals surface area contributed by atoms with Crippen molar-refractivity contribution in [1.29, 1.82) is 0 Å². The average Bonchev–Trinajstić information content (AvgIpc) is 1.99. The Bertz CT molecular complexity index is 123. The van der Waals surface area contributed by atoms with Crippen molar-refractivity contribution in [3.05, 3.63) is 0 Å². The van der Waals surface area contributed by atoms with Gasteiger partial charge in [0.1, 0.15) is 5.78 Å². The highest BCUT2D eigenvalue weighted by Gasteiger charge is 2.15. The van der Waals surface area contributed by atoms with E-state index >= 15 is 0 Å². The topological polar surface area (TPSA) is 35.5 Å². The fourth-order valence-electron chi connectivity index (χ4n) is 0.637. The van der Waals surface area contributed by atoms with Gasteiger partial charge in [0.05, 0.1) is 5.25 Å². The maximum atomic E-state index is 10.7. The van der Waals surface area contributed by atoms with E-state index < -0.39 is 0 Å². The molecule has 0 spiro atoms. The molecule has 0 fully saturated rings. The summed E-state index contributed by atoms with van der Waals surface area (Å²) in [7, 11) is 3.07.